The van der Waals surface area contributed by atoms with Gasteiger partial charge in [0.25, 0.3) is 0 Å². The second kappa shape index (κ2) is 18.4. The summed E-state index contributed by atoms with van der Waals surface area (Å²) in [5.41, 5.74) is -0.250. The van der Waals surface area contributed by atoms with Crippen LogP contribution in [0.25, 0.3) is 0 Å². The van der Waals surface area contributed by atoms with Crippen LogP contribution in [-0.4, -0.2) is 54.2 Å². The molecule has 1 unspecified atom stereocenters. The molecule has 1 saturated carbocycles. The number of anilines is 2. The number of carbonyl (C=O) groups excluding carboxylic acids is 1. The number of halogens is 6. The molecule has 0 aliphatic heterocycles. The number of esters is 1. The van der Waals surface area contributed by atoms with Crippen LogP contribution in [0.5, 0.6) is 5.75 Å². The average Bonchev–Trinajstić information content (AvgIpc) is 3.10. The minimum absolute atomic E-state index is 0.102. The lowest BCUT2D eigenvalue weighted by Gasteiger charge is -2.36. The number of aromatic nitrogens is 2. The summed E-state index contributed by atoms with van der Waals surface area (Å²) in [6, 6.07) is 6.66. The second-order valence-corrected chi connectivity index (χ2v) is 14.3. The maximum absolute atomic E-state index is 13.9. The highest BCUT2D eigenvalue weighted by Gasteiger charge is 2.38. The summed E-state index contributed by atoms with van der Waals surface area (Å²) in [5, 5.41) is 0. The molecule has 3 aromatic rings. The molecule has 1 atom stereocenters. The first-order valence-corrected chi connectivity index (χ1v) is 19.0. The number of carbonyl (C=O) groups is 1. The summed E-state index contributed by atoms with van der Waals surface area (Å²) in [5.74, 6) is 1.79. The zero-order valence-corrected chi connectivity index (χ0v) is 31.1. The molecule has 0 spiro atoms. The van der Waals surface area contributed by atoms with Gasteiger partial charge in [-0.1, -0.05) is 17.7 Å². The van der Waals surface area contributed by atoms with Crippen LogP contribution in [0.1, 0.15) is 86.7 Å². The Morgan fingerprint density at radius 2 is 1.56 bits per heavy atom. The van der Waals surface area contributed by atoms with Gasteiger partial charge in [0.05, 0.1) is 42.8 Å². The topological polar surface area (TPSA) is 67.8 Å². The van der Waals surface area contributed by atoms with E-state index in [-0.39, 0.29) is 30.1 Å². The second-order valence-electron chi connectivity index (χ2n) is 13.3. The molecule has 0 saturated heterocycles. The molecule has 1 aromatic heterocycles. The molecule has 0 radical (unpaired) electrons. The fourth-order valence-electron chi connectivity index (χ4n) is 6.67. The number of alkyl halides is 6. The Kier molecular flexibility index (Phi) is 14.5. The Labute approximate surface area is 306 Å². The summed E-state index contributed by atoms with van der Waals surface area (Å²) >= 11 is 1.60. The smallest absolute Gasteiger partial charge is 0.416 e. The molecule has 1 heterocycles. The van der Waals surface area contributed by atoms with Crippen LogP contribution in [0.4, 0.5) is 38.0 Å². The maximum Gasteiger partial charge on any atom is 0.416 e. The lowest BCUT2D eigenvalue weighted by Crippen LogP contribution is -2.34. The van der Waals surface area contributed by atoms with Crippen molar-refractivity contribution in [3.05, 3.63) is 76.6 Å². The fourth-order valence-corrected chi connectivity index (χ4v) is 6.92. The van der Waals surface area contributed by atoms with Gasteiger partial charge in [0.2, 0.25) is 5.95 Å². The number of hydrogen-bond donors (Lipinski definition) is 0. The van der Waals surface area contributed by atoms with E-state index in [1.54, 1.807) is 30.5 Å². The number of aryl methyl sites for hydroxylation is 1. The summed E-state index contributed by atoms with van der Waals surface area (Å²) in [4.78, 5) is 24.9. The molecule has 0 amide bonds. The first-order valence-electron chi connectivity index (χ1n) is 17.6. The van der Waals surface area contributed by atoms with Gasteiger partial charge in [-0.15, -0.1) is 0 Å². The lowest BCUT2D eigenvalue weighted by molar-refractivity contribution is -0.145. The summed E-state index contributed by atoms with van der Waals surface area (Å²) in [6.07, 6.45) is -0.909. The standard InChI is InChI=1S/C38H48F6N4O3S/c1-6-47(23-28-11-9-27(10-12-28)17-35(49)50-7-2)34-13-8-25(3)16-30(34)24-48(36-45-21-33(22-46-36)51-14-15-52-5)26(4)29-18-31(37(39,40)41)20-32(19-29)38(42,43)44/h8,13,16,18-22,26-28H,6-7,9-12,14-15,17,23-24H2,1-5H3/t26?,27-,28-. The van der Waals surface area contributed by atoms with Crippen LogP contribution in [0.2, 0.25) is 0 Å². The van der Waals surface area contributed by atoms with Crippen molar-refractivity contribution in [1.29, 1.82) is 0 Å². The van der Waals surface area contributed by atoms with Gasteiger partial charge in [0.15, 0.2) is 5.75 Å². The van der Waals surface area contributed by atoms with Crippen molar-refractivity contribution >= 4 is 29.4 Å². The molecule has 2 aromatic carbocycles. The Bertz CT molecular complexity index is 1560. The molecule has 1 fully saturated rings. The Morgan fingerprint density at radius 1 is 0.942 bits per heavy atom. The highest BCUT2D eigenvalue weighted by atomic mass is 32.2. The molecular weight excluding hydrogens is 706 g/mol. The predicted octanol–water partition coefficient (Wildman–Crippen LogP) is 9.92. The van der Waals surface area contributed by atoms with E-state index in [2.05, 4.69) is 21.8 Å². The van der Waals surface area contributed by atoms with Crippen LogP contribution in [0.3, 0.4) is 0 Å². The monoisotopic (exact) mass is 754 g/mol. The minimum Gasteiger partial charge on any atom is -0.489 e. The molecule has 7 nitrogen and oxygen atoms in total. The largest absolute Gasteiger partial charge is 0.489 e. The third kappa shape index (κ3) is 11.4. The normalized spacial score (nSPS) is 17.1. The highest BCUT2D eigenvalue weighted by molar-refractivity contribution is 7.98. The number of rotatable bonds is 16. The number of nitrogens with zero attached hydrogens (tertiary/aromatic N) is 4. The van der Waals surface area contributed by atoms with Crippen molar-refractivity contribution in [2.45, 2.75) is 84.7 Å². The van der Waals surface area contributed by atoms with Crippen LogP contribution < -0.4 is 14.5 Å². The number of ether oxygens (including phenoxy) is 2. The van der Waals surface area contributed by atoms with Gasteiger partial charge in [-0.3, -0.25) is 4.79 Å². The van der Waals surface area contributed by atoms with Crippen molar-refractivity contribution in [2.24, 2.45) is 11.8 Å². The van der Waals surface area contributed by atoms with Gasteiger partial charge >= 0.3 is 18.3 Å². The Morgan fingerprint density at radius 3 is 2.12 bits per heavy atom. The van der Waals surface area contributed by atoms with Crippen LogP contribution in [-0.2, 0) is 28.4 Å². The number of hydrogen-bond acceptors (Lipinski definition) is 8. The van der Waals surface area contributed by atoms with Crippen LogP contribution in [0, 0.1) is 18.8 Å². The van der Waals surface area contributed by atoms with E-state index in [1.807, 2.05) is 31.4 Å². The van der Waals surface area contributed by atoms with Gasteiger partial charge in [0.1, 0.15) is 0 Å². The molecule has 1 aliphatic rings. The zero-order valence-electron chi connectivity index (χ0n) is 30.3. The van der Waals surface area contributed by atoms with E-state index in [4.69, 9.17) is 9.47 Å². The molecule has 52 heavy (non-hydrogen) atoms. The molecule has 0 bridgehead atoms. The Hall–Kier alpha value is -3.68. The fraction of sp³-hybridized carbons (Fsp3) is 0.553. The van der Waals surface area contributed by atoms with Crippen LogP contribution >= 0.6 is 11.8 Å². The molecule has 286 valence electrons. The lowest BCUT2D eigenvalue weighted by atomic mass is 9.80. The van der Waals surface area contributed by atoms with Crippen LogP contribution in [0.15, 0.2) is 48.8 Å². The minimum atomic E-state index is -4.99. The molecule has 1 aliphatic carbocycles. The van der Waals surface area contributed by atoms with Crippen molar-refractivity contribution in [3.8, 4) is 5.75 Å². The molecule has 14 heteroatoms. The van der Waals surface area contributed by atoms with Gasteiger partial charge in [0, 0.05) is 37.5 Å². The SMILES string of the molecule is CCOC(=O)C[C@H]1CC[C@H](CN(CC)c2ccc(C)cc2CN(c2ncc(OCCSC)cn2)C(C)c2cc(C(F)(F)F)cc(C(F)(F)F)c2)CC1. The first-order chi connectivity index (χ1) is 24.6. The van der Waals surface area contributed by atoms with Crippen molar-refractivity contribution < 1.29 is 40.6 Å². The average molecular weight is 755 g/mol. The van der Waals surface area contributed by atoms with Gasteiger partial charge in [-0.05, 0) is 107 Å². The van der Waals surface area contributed by atoms with E-state index in [0.29, 0.717) is 43.8 Å². The molecule has 0 N–H and O–H groups in total. The van der Waals surface area contributed by atoms with Gasteiger partial charge < -0.3 is 19.3 Å². The predicted molar refractivity (Wildman–Crippen MR) is 193 cm³/mol. The van der Waals surface area contributed by atoms with E-state index in [1.165, 1.54) is 12.4 Å². The van der Waals surface area contributed by atoms with E-state index < -0.39 is 29.5 Å². The van der Waals surface area contributed by atoms with E-state index >= 15 is 0 Å². The molecular formula is C38H48F6N4O3S. The summed E-state index contributed by atoms with van der Waals surface area (Å²) in [6.45, 7) is 9.67. The summed E-state index contributed by atoms with van der Waals surface area (Å²) < 4.78 is 94.4. The van der Waals surface area contributed by atoms with Gasteiger partial charge in [-0.2, -0.15) is 38.1 Å². The van der Waals surface area contributed by atoms with E-state index in [9.17, 15) is 31.1 Å². The van der Waals surface area contributed by atoms with Crippen molar-refractivity contribution in [1.82, 2.24) is 9.97 Å². The first kappa shape index (κ1) is 41.1. The number of benzene rings is 2. The quantitative estimate of drug-likeness (QED) is 0.0814. The van der Waals surface area contributed by atoms with Crippen molar-refractivity contribution in [2.75, 3.05) is 48.1 Å². The summed E-state index contributed by atoms with van der Waals surface area (Å²) in [7, 11) is 0. The van der Waals surface area contributed by atoms with Crippen molar-refractivity contribution in [3.63, 3.8) is 0 Å². The third-order valence-corrected chi connectivity index (χ3v) is 10.1. The third-order valence-electron chi connectivity index (χ3n) is 9.49. The Balaban J connectivity index is 1.68. The van der Waals surface area contributed by atoms with E-state index in [0.717, 1.165) is 66.9 Å². The zero-order chi connectivity index (χ0) is 38.1. The number of thioether (sulfide) groups is 1. The molecule has 4 rings (SSSR count). The maximum atomic E-state index is 13.9. The van der Waals surface area contributed by atoms with Gasteiger partial charge in [-0.25, -0.2) is 9.97 Å². The highest BCUT2D eigenvalue weighted by Crippen LogP contribution is 2.40.